The predicted molar refractivity (Wildman–Crippen MR) is 160 cm³/mol. The van der Waals surface area contributed by atoms with E-state index in [4.69, 9.17) is 21.6 Å². The zero-order valence-electron chi connectivity index (χ0n) is 23.3. The highest BCUT2D eigenvalue weighted by molar-refractivity contribution is 7.90. The number of hydrogen-bond donors (Lipinski definition) is 2. The maximum atomic E-state index is 12.8. The lowest BCUT2D eigenvalue weighted by Gasteiger charge is -2.39. The number of nitrogens with one attached hydrogen (secondary N) is 1. The summed E-state index contributed by atoms with van der Waals surface area (Å²) < 4.78 is 23.9. The summed E-state index contributed by atoms with van der Waals surface area (Å²) in [5.74, 6) is 0.690. The first-order valence-corrected chi connectivity index (χ1v) is 15.6. The van der Waals surface area contributed by atoms with Crippen molar-refractivity contribution in [1.29, 1.82) is 0 Å². The van der Waals surface area contributed by atoms with Gasteiger partial charge in [-0.25, -0.2) is 18.4 Å². The number of aryl methyl sites for hydroxylation is 1. The Morgan fingerprint density at radius 1 is 1.07 bits per heavy atom. The van der Waals surface area contributed by atoms with Crippen LogP contribution < -0.4 is 10.2 Å². The third-order valence-corrected chi connectivity index (χ3v) is 8.76. The molecule has 2 N–H and O–H groups in total. The number of aliphatic hydroxyl groups excluding tert-OH is 1. The van der Waals surface area contributed by atoms with Crippen LogP contribution in [0.2, 0.25) is 5.02 Å². The molecule has 0 radical (unpaired) electrons. The molecule has 0 aliphatic carbocycles. The zero-order chi connectivity index (χ0) is 29.5. The highest BCUT2D eigenvalue weighted by Gasteiger charge is 2.31. The monoisotopic (exact) mass is 593 g/mol. The molecule has 9 nitrogen and oxygen atoms in total. The highest BCUT2D eigenvalue weighted by Crippen LogP contribution is 2.29. The van der Waals surface area contributed by atoms with E-state index in [0.29, 0.717) is 11.2 Å². The lowest BCUT2D eigenvalue weighted by atomic mass is 9.88. The lowest BCUT2D eigenvalue weighted by Crippen LogP contribution is -2.47. The van der Waals surface area contributed by atoms with Crippen LogP contribution >= 0.6 is 11.6 Å². The van der Waals surface area contributed by atoms with E-state index in [9.17, 15) is 18.3 Å². The molecular weight excluding hydrogens is 562 g/mol. The fourth-order valence-corrected chi connectivity index (χ4v) is 6.14. The topological polar surface area (TPSA) is 125 Å². The van der Waals surface area contributed by atoms with Crippen molar-refractivity contribution in [3.8, 4) is 11.4 Å². The van der Waals surface area contributed by atoms with Crippen molar-refractivity contribution < 1.29 is 18.3 Å². The van der Waals surface area contributed by atoms with Crippen LogP contribution in [0.15, 0.2) is 59.6 Å². The molecular formula is C30H32ClN5O4S. The molecule has 4 heterocycles. The fraction of sp³-hybridized carbons (Fsp3) is 0.333. The number of halogens is 1. The number of benzene rings is 1. The Kier molecular flexibility index (Phi) is 8.00. The van der Waals surface area contributed by atoms with E-state index < -0.39 is 15.7 Å². The quantitative estimate of drug-likeness (QED) is 0.336. The van der Waals surface area contributed by atoms with Gasteiger partial charge in [-0.15, -0.1) is 0 Å². The molecule has 1 aromatic carbocycles. The van der Waals surface area contributed by atoms with Crippen molar-refractivity contribution in [3.63, 3.8) is 0 Å². The minimum Gasteiger partial charge on any atom is -0.392 e. The number of nitrogens with zero attached hydrogens (tertiary/aromatic N) is 4. The van der Waals surface area contributed by atoms with Gasteiger partial charge in [-0.05, 0) is 66.8 Å². The first-order valence-electron chi connectivity index (χ1n) is 13.3. The van der Waals surface area contributed by atoms with Gasteiger partial charge in [0.1, 0.15) is 5.82 Å². The Bertz CT molecular complexity index is 1730. The second kappa shape index (κ2) is 11.3. The SMILES string of the molecule is Cc1ccc(N2C[C@@H](C)C(O)[C@@H](C)C2)nc1-c1ccc2cnc(CNC(=O)c3cc(Cl)cc(S(C)(=O)=O)c3)cc2n1. The van der Waals surface area contributed by atoms with E-state index in [0.717, 1.165) is 47.5 Å². The molecule has 214 valence electrons. The summed E-state index contributed by atoms with van der Waals surface area (Å²) in [7, 11) is -3.52. The van der Waals surface area contributed by atoms with E-state index in [1.165, 1.54) is 18.2 Å². The third kappa shape index (κ3) is 6.34. The van der Waals surface area contributed by atoms with Crippen molar-refractivity contribution in [1.82, 2.24) is 20.3 Å². The number of hydrogen-bond acceptors (Lipinski definition) is 8. The largest absolute Gasteiger partial charge is 0.392 e. The van der Waals surface area contributed by atoms with Crippen molar-refractivity contribution in [2.45, 2.75) is 38.3 Å². The normalized spacial score (nSPS) is 19.4. The Labute approximate surface area is 244 Å². The Hall–Kier alpha value is -3.60. The number of amides is 1. The van der Waals surface area contributed by atoms with Gasteiger partial charge >= 0.3 is 0 Å². The smallest absolute Gasteiger partial charge is 0.251 e. The minimum absolute atomic E-state index is 0.0226. The van der Waals surface area contributed by atoms with Gasteiger partial charge in [0.25, 0.3) is 5.91 Å². The summed E-state index contributed by atoms with van der Waals surface area (Å²) in [4.78, 5) is 29.3. The summed E-state index contributed by atoms with van der Waals surface area (Å²) in [5.41, 5.74) is 3.95. The molecule has 1 fully saturated rings. The number of aliphatic hydroxyl groups is 1. The van der Waals surface area contributed by atoms with Crippen molar-refractivity contribution >= 4 is 44.1 Å². The number of rotatable bonds is 6. The minimum atomic E-state index is -3.52. The molecule has 1 amide bonds. The molecule has 0 saturated carbocycles. The number of piperidine rings is 1. The number of fused-ring (bicyclic) bond motifs is 1. The first-order chi connectivity index (χ1) is 19.4. The van der Waals surface area contributed by atoms with Crippen LogP contribution in [0.1, 0.15) is 35.5 Å². The molecule has 1 saturated heterocycles. The zero-order valence-corrected chi connectivity index (χ0v) is 24.9. The molecule has 41 heavy (non-hydrogen) atoms. The number of aromatic nitrogens is 3. The van der Waals surface area contributed by atoms with Gasteiger partial charge in [0.2, 0.25) is 0 Å². The second-order valence-corrected chi connectivity index (χ2v) is 13.3. The summed E-state index contributed by atoms with van der Waals surface area (Å²) in [6, 6.07) is 13.8. The van der Waals surface area contributed by atoms with Crippen LogP contribution in [0.5, 0.6) is 0 Å². The Morgan fingerprint density at radius 2 is 1.80 bits per heavy atom. The molecule has 1 aliphatic rings. The second-order valence-electron chi connectivity index (χ2n) is 10.9. The maximum Gasteiger partial charge on any atom is 0.251 e. The summed E-state index contributed by atoms with van der Waals surface area (Å²) >= 11 is 6.05. The van der Waals surface area contributed by atoms with Gasteiger partial charge in [-0.1, -0.05) is 31.5 Å². The predicted octanol–water partition coefficient (Wildman–Crippen LogP) is 4.44. The van der Waals surface area contributed by atoms with E-state index in [-0.39, 0.29) is 40.0 Å². The average molecular weight is 594 g/mol. The Balaban J connectivity index is 1.37. The molecule has 3 aromatic heterocycles. The lowest BCUT2D eigenvalue weighted by molar-refractivity contribution is 0.0527. The summed E-state index contributed by atoms with van der Waals surface area (Å²) in [6.45, 7) is 7.70. The van der Waals surface area contributed by atoms with Crippen molar-refractivity contribution in [2.24, 2.45) is 11.8 Å². The molecule has 1 aliphatic heterocycles. The molecule has 1 unspecified atom stereocenters. The van der Waals surface area contributed by atoms with Gasteiger partial charge in [-0.3, -0.25) is 9.78 Å². The van der Waals surface area contributed by atoms with Gasteiger partial charge in [0.15, 0.2) is 9.84 Å². The van der Waals surface area contributed by atoms with Crippen LogP contribution in [0, 0.1) is 18.8 Å². The summed E-state index contributed by atoms with van der Waals surface area (Å²) in [5, 5.41) is 14.2. The van der Waals surface area contributed by atoms with Crippen LogP contribution in [-0.2, 0) is 16.4 Å². The van der Waals surface area contributed by atoms with Gasteiger partial charge in [0, 0.05) is 41.5 Å². The van der Waals surface area contributed by atoms with Crippen LogP contribution in [-0.4, -0.2) is 59.8 Å². The summed E-state index contributed by atoms with van der Waals surface area (Å²) in [6.07, 6.45) is 2.45. The number of carbonyl (C=O) groups excluding carboxylic acids is 1. The van der Waals surface area contributed by atoms with Gasteiger partial charge in [-0.2, -0.15) is 0 Å². The number of carbonyl (C=O) groups is 1. The van der Waals surface area contributed by atoms with E-state index >= 15 is 0 Å². The Morgan fingerprint density at radius 3 is 2.51 bits per heavy atom. The van der Waals surface area contributed by atoms with E-state index in [1.807, 2.05) is 37.3 Å². The number of pyridine rings is 3. The molecule has 11 heteroatoms. The fourth-order valence-electron chi connectivity index (χ4n) is 5.15. The molecule has 0 spiro atoms. The molecule has 3 atom stereocenters. The first kappa shape index (κ1) is 28.9. The number of anilines is 1. The van der Waals surface area contributed by atoms with Gasteiger partial charge in [0.05, 0.1) is 40.1 Å². The van der Waals surface area contributed by atoms with E-state index in [2.05, 4.69) is 29.0 Å². The third-order valence-electron chi connectivity index (χ3n) is 7.45. The van der Waals surface area contributed by atoms with Crippen molar-refractivity contribution in [3.05, 3.63) is 76.6 Å². The molecule has 4 aromatic rings. The van der Waals surface area contributed by atoms with E-state index in [1.54, 1.807) is 6.20 Å². The van der Waals surface area contributed by atoms with Crippen LogP contribution in [0.3, 0.4) is 0 Å². The van der Waals surface area contributed by atoms with Crippen molar-refractivity contribution in [2.75, 3.05) is 24.2 Å². The average Bonchev–Trinajstić information content (AvgIpc) is 2.93. The van der Waals surface area contributed by atoms with Crippen LogP contribution in [0.4, 0.5) is 5.82 Å². The standard InChI is InChI=1S/C30H32ClN5O4S/c1-17-5-8-27(36-15-18(2)29(37)19(3)16-36)35-28(17)25-7-6-20-13-32-23(12-26(20)34-25)14-33-30(38)21-9-22(31)11-24(10-21)41(4,39)40/h5-13,18-19,29,37H,14-16H2,1-4H3,(H,33,38)/t18-,19+,29?. The highest BCUT2D eigenvalue weighted by atomic mass is 35.5. The van der Waals surface area contributed by atoms with Crippen LogP contribution in [0.25, 0.3) is 22.3 Å². The number of sulfone groups is 1. The maximum absolute atomic E-state index is 12.8. The molecule has 5 rings (SSSR count). The molecule has 0 bridgehead atoms. The van der Waals surface area contributed by atoms with Gasteiger partial charge < -0.3 is 15.3 Å².